The third kappa shape index (κ3) is 4.94. The number of aromatic nitrogens is 4. The number of nitrogens with one attached hydrogen (secondary N) is 1. The molecule has 1 aliphatic heterocycles. The van der Waals surface area contributed by atoms with Crippen molar-refractivity contribution >= 4 is 11.6 Å². The first-order valence-corrected chi connectivity index (χ1v) is 11.9. The number of hydrogen-bond acceptors (Lipinski definition) is 5. The van der Waals surface area contributed by atoms with Gasteiger partial charge in [0.05, 0.1) is 13.2 Å². The fourth-order valence-electron chi connectivity index (χ4n) is 4.10. The zero-order chi connectivity index (χ0) is 27.9. The second kappa shape index (κ2) is 9.80. The van der Waals surface area contributed by atoms with Crippen molar-refractivity contribution in [3.05, 3.63) is 108 Å². The van der Waals surface area contributed by atoms with Gasteiger partial charge in [0.25, 0.3) is 0 Å². The third-order valence-electron chi connectivity index (χ3n) is 6.10. The highest BCUT2D eigenvalue weighted by Gasteiger charge is 2.33. The molecule has 0 saturated heterocycles. The molecule has 198 valence electrons. The summed E-state index contributed by atoms with van der Waals surface area (Å²) < 4.78 is 61.1. The fraction of sp³-hybridized carbons (Fsp3) is 0.0714. The monoisotopic (exact) mass is 544 g/mol. The Hall–Kier alpha value is -5.26. The fourth-order valence-corrected chi connectivity index (χ4v) is 4.10. The van der Waals surface area contributed by atoms with E-state index < -0.39 is 17.7 Å². The molecular weight excluding hydrogens is 526 g/mol. The van der Waals surface area contributed by atoms with Crippen LogP contribution in [0.2, 0.25) is 0 Å². The Morgan fingerprint density at radius 3 is 2.45 bits per heavy atom. The van der Waals surface area contributed by atoms with Gasteiger partial charge in [-0.2, -0.15) is 13.2 Å². The molecule has 0 saturated carbocycles. The van der Waals surface area contributed by atoms with Gasteiger partial charge in [-0.05, 0) is 53.6 Å². The molecule has 0 unspecified atom stereocenters. The number of fused-ring (bicyclic) bond motifs is 1. The van der Waals surface area contributed by atoms with Crippen LogP contribution in [0.1, 0.15) is 5.69 Å². The summed E-state index contributed by atoms with van der Waals surface area (Å²) in [4.78, 5) is 23.1. The quantitative estimate of drug-likeness (QED) is 0.251. The number of rotatable bonds is 5. The van der Waals surface area contributed by atoms with Crippen molar-refractivity contribution in [2.24, 2.45) is 9.98 Å². The lowest BCUT2D eigenvalue weighted by molar-refractivity contribution is -0.140. The summed E-state index contributed by atoms with van der Waals surface area (Å²) in [5.74, 6) is 0.536. The predicted octanol–water partition coefficient (Wildman–Crippen LogP) is 4.93. The molecule has 12 heteroatoms. The second-order valence-electron chi connectivity index (χ2n) is 8.76. The molecule has 40 heavy (non-hydrogen) atoms. The Kier molecular flexibility index (Phi) is 6.14. The minimum atomic E-state index is -4.54. The lowest BCUT2D eigenvalue weighted by Crippen LogP contribution is -2.32. The van der Waals surface area contributed by atoms with Crippen molar-refractivity contribution in [2.45, 2.75) is 6.18 Å². The molecule has 4 heterocycles. The highest BCUT2D eigenvalue weighted by atomic mass is 19.4. The van der Waals surface area contributed by atoms with Crippen LogP contribution >= 0.6 is 0 Å². The Morgan fingerprint density at radius 1 is 0.875 bits per heavy atom. The molecule has 0 atom stereocenters. The molecule has 0 amide bonds. The van der Waals surface area contributed by atoms with Crippen LogP contribution in [0.15, 0.2) is 95.4 Å². The van der Waals surface area contributed by atoms with Crippen LogP contribution in [0.5, 0.6) is 11.5 Å². The lowest BCUT2D eigenvalue weighted by Gasteiger charge is -2.06. The molecule has 1 N–H and O–H groups in total. The van der Waals surface area contributed by atoms with Gasteiger partial charge in [0.2, 0.25) is 0 Å². The van der Waals surface area contributed by atoms with E-state index in [0.717, 1.165) is 16.5 Å². The Labute approximate surface area is 223 Å². The van der Waals surface area contributed by atoms with Gasteiger partial charge in [-0.25, -0.2) is 13.9 Å². The molecule has 0 spiro atoms. The normalized spacial score (nSPS) is 13.8. The van der Waals surface area contributed by atoms with Crippen molar-refractivity contribution in [2.75, 3.05) is 7.05 Å². The van der Waals surface area contributed by atoms with E-state index in [9.17, 15) is 17.6 Å². The number of alkyl halides is 3. The number of halogens is 4. The number of hydrogen-bond donors (Lipinski definition) is 1. The number of ether oxygens (including phenoxy) is 1. The number of nitrogens with zero attached hydrogens (tertiary/aromatic N) is 6. The van der Waals surface area contributed by atoms with Crippen molar-refractivity contribution in [3.8, 4) is 34.1 Å². The average molecular weight is 544 g/mol. The maximum Gasteiger partial charge on any atom is 0.434 e. The summed E-state index contributed by atoms with van der Waals surface area (Å²) in [6.45, 7) is 0. The van der Waals surface area contributed by atoms with Gasteiger partial charge in [-0.3, -0.25) is 9.97 Å². The predicted molar refractivity (Wildman–Crippen MR) is 138 cm³/mol. The molecular formula is C28H18F4N7O+. The van der Waals surface area contributed by atoms with E-state index >= 15 is 0 Å². The van der Waals surface area contributed by atoms with E-state index in [4.69, 9.17) is 4.74 Å². The lowest BCUT2D eigenvalue weighted by atomic mass is 10.1. The molecule has 2 aromatic carbocycles. The van der Waals surface area contributed by atoms with Gasteiger partial charge in [0.1, 0.15) is 28.2 Å². The number of aliphatic imine (C=N–C) groups is 1. The van der Waals surface area contributed by atoms with E-state index in [2.05, 4.69) is 29.9 Å². The summed E-state index contributed by atoms with van der Waals surface area (Å²) in [6.07, 6.45) is 0.897. The summed E-state index contributed by atoms with van der Waals surface area (Å²) in [6, 6.07) is 16.6. The van der Waals surface area contributed by atoms with Crippen molar-refractivity contribution in [1.29, 1.82) is 0 Å². The molecule has 1 aliphatic rings. The number of imidazole rings is 1. The van der Waals surface area contributed by atoms with Gasteiger partial charge >= 0.3 is 12.1 Å². The molecule has 0 fully saturated rings. The van der Waals surface area contributed by atoms with Crippen LogP contribution in [-0.4, -0.2) is 32.9 Å². The van der Waals surface area contributed by atoms with E-state index in [1.165, 1.54) is 18.3 Å². The largest absolute Gasteiger partial charge is 0.457 e. The molecule has 6 rings (SSSR count). The maximum atomic E-state index is 14.6. The summed E-state index contributed by atoms with van der Waals surface area (Å²) >= 11 is 0. The number of aromatic amines is 1. The van der Waals surface area contributed by atoms with E-state index in [0.29, 0.717) is 29.0 Å². The van der Waals surface area contributed by atoms with Crippen molar-refractivity contribution in [3.63, 3.8) is 0 Å². The average Bonchev–Trinajstić information content (AvgIpc) is 3.56. The van der Waals surface area contributed by atoms with Crippen LogP contribution in [0.25, 0.3) is 22.6 Å². The van der Waals surface area contributed by atoms with Crippen LogP contribution in [-0.2, 0) is 6.18 Å². The van der Waals surface area contributed by atoms with E-state index in [-0.39, 0.29) is 17.2 Å². The summed E-state index contributed by atoms with van der Waals surface area (Å²) in [5.41, 5.74) is 1.02. The molecule has 5 aromatic rings. The Morgan fingerprint density at radius 2 is 1.68 bits per heavy atom. The first kappa shape index (κ1) is 25.0. The van der Waals surface area contributed by atoms with Crippen molar-refractivity contribution < 1.29 is 22.3 Å². The molecule has 8 nitrogen and oxygen atoms in total. The highest BCUT2D eigenvalue weighted by molar-refractivity contribution is 5.86. The Bertz CT molecular complexity index is 1900. The standard InChI is InChI=1S/C28H18F4N7O/c1-39-24-5-3-18(40-19-8-11-34-23(14-19)26-35-15-25(38-26)28(30,31)32)13-22(24)37-27(39)36-21-12-17(2-4-20(21)29)16-6-9-33-10-7-16/h2-15H,1H3,(H,35,38)/q+1. The topological polar surface area (TPSA) is 91.4 Å². The number of guanidine groups is 1. The smallest absolute Gasteiger partial charge is 0.434 e. The Balaban J connectivity index is 1.28. The maximum absolute atomic E-state index is 14.6. The zero-order valence-corrected chi connectivity index (χ0v) is 20.7. The summed E-state index contributed by atoms with van der Waals surface area (Å²) in [7, 11) is 1.77. The molecule has 0 bridgehead atoms. The molecule has 0 radical (unpaired) electrons. The number of benzene rings is 2. The van der Waals surface area contributed by atoms with Gasteiger partial charge in [-0.1, -0.05) is 16.1 Å². The molecule has 3 aromatic heterocycles. The van der Waals surface area contributed by atoms with E-state index in [1.807, 2.05) is 12.1 Å². The molecule has 0 aliphatic carbocycles. The summed E-state index contributed by atoms with van der Waals surface area (Å²) in [5, 5.41) is 1.29. The minimum absolute atomic E-state index is 0.0376. The van der Waals surface area contributed by atoms with Gasteiger partial charge in [0, 0.05) is 30.7 Å². The van der Waals surface area contributed by atoms with Gasteiger partial charge in [0.15, 0.2) is 22.7 Å². The first-order valence-electron chi connectivity index (χ1n) is 11.9. The van der Waals surface area contributed by atoms with Crippen molar-refractivity contribution in [1.82, 2.24) is 24.5 Å². The van der Waals surface area contributed by atoms with Gasteiger partial charge in [-0.15, -0.1) is 0 Å². The highest BCUT2D eigenvalue weighted by Crippen LogP contribution is 2.30. The minimum Gasteiger partial charge on any atom is -0.457 e. The number of H-pyrrole nitrogens is 1. The van der Waals surface area contributed by atoms with Crippen LogP contribution in [0.3, 0.4) is 0 Å². The third-order valence-corrected chi connectivity index (χ3v) is 6.10. The van der Waals surface area contributed by atoms with E-state index in [1.54, 1.807) is 60.4 Å². The number of pyridine rings is 2. The van der Waals surface area contributed by atoms with Crippen LogP contribution in [0, 0.1) is 5.82 Å². The second-order valence-corrected chi connectivity index (χ2v) is 8.76. The van der Waals surface area contributed by atoms with Crippen LogP contribution < -0.4 is 20.0 Å². The van der Waals surface area contributed by atoms with Gasteiger partial charge < -0.3 is 9.72 Å². The first-order chi connectivity index (χ1) is 19.2. The zero-order valence-electron chi connectivity index (χ0n) is 20.7. The SMILES string of the molecule is C[N+]1=c2ccc(Oc3ccnc(-c4ncc(C(F)(F)F)[nH]4)c3)cc2=NC1=Nc1cc(-c2ccncc2)ccc1F. The van der Waals surface area contributed by atoms with Crippen LogP contribution in [0.4, 0.5) is 23.2 Å².